The summed E-state index contributed by atoms with van der Waals surface area (Å²) in [4.78, 5) is 16.2. The Morgan fingerprint density at radius 2 is 2.00 bits per heavy atom. The van der Waals surface area contributed by atoms with Crippen LogP contribution in [0.3, 0.4) is 0 Å². The summed E-state index contributed by atoms with van der Waals surface area (Å²) in [5.41, 5.74) is 1.18. The quantitative estimate of drug-likeness (QED) is 0.452. The molecule has 2 aliphatic rings. The Bertz CT molecular complexity index is 1090. The Labute approximate surface area is 196 Å². The molecule has 5 rings (SSSR count). The molecule has 10 heteroatoms. The van der Waals surface area contributed by atoms with Gasteiger partial charge in [-0.05, 0) is 51.5 Å². The second kappa shape index (κ2) is 11.7. The van der Waals surface area contributed by atoms with Gasteiger partial charge in [0.1, 0.15) is 11.8 Å². The molecule has 0 bridgehead atoms. The molecule has 34 heavy (non-hydrogen) atoms. The highest BCUT2D eigenvalue weighted by Gasteiger charge is 2.31. The van der Waals surface area contributed by atoms with Crippen molar-refractivity contribution in [2.24, 2.45) is 0 Å². The summed E-state index contributed by atoms with van der Waals surface area (Å²) in [6.45, 7) is 9.37. The molecule has 0 atom stereocenters. The van der Waals surface area contributed by atoms with Crippen LogP contribution in [0.1, 0.15) is 56.0 Å². The highest BCUT2D eigenvalue weighted by Crippen LogP contribution is 2.33. The van der Waals surface area contributed by atoms with E-state index >= 15 is 0 Å². The SMILES string of the molecule is C=C(CCc1ncnc2nc(C)cnc12)C(F)(F)F.C=C1CCCCO1.c1cnn(C2CC2)c1. The Hall–Kier alpha value is -3.30. The Morgan fingerprint density at radius 1 is 1.21 bits per heavy atom. The van der Waals surface area contributed by atoms with Crippen LogP contribution in [0.5, 0.6) is 0 Å². The van der Waals surface area contributed by atoms with Crippen molar-refractivity contribution in [3.05, 3.63) is 66.9 Å². The molecule has 0 aromatic carbocycles. The number of alkyl halides is 3. The summed E-state index contributed by atoms with van der Waals surface area (Å²) >= 11 is 0. The summed E-state index contributed by atoms with van der Waals surface area (Å²) in [5, 5.41) is 4.09. The van der Waals surface area contributed by atoms with Crippen molar-refractivity contribution < 1.29 is 17.9 Å². The van der Waals surface area contributed by atoms with Crippen LogP contribution < -0.4 is 0 Å². The minimum atomic E-state index is -4.37. The molecule has 0 radical (unpaired) electrons. The number of hydrogen-bond acceptors (Lipinski definition) is 6. The Balaban J connectivity index is 0.000000174. The maximum Gasteiger partial charge on any atom is 0.412 e. The van der Waals surface area contributed by atoms with E-state index in [9.17, 15) is 13.2 Å². The molecule has 1 saturated carbocycles. The first-order valence-electron chi connectivity index (χ1n) is 11.2. The van der Waals surface area contributed by atoms with Crippen molar-refractivity contribution in [1.82, 2.24) is 29.7 Å². The third kappa shape index (κ3) is 7.93. The van der Waals surface area contributed by atoms with Gasteiger partial charge in [0, 0.05) is 30.6 Å². The fraction of sp³-hybridized carbons (Fsp3) is 0.458. The van der Waals surface area contributed by atoms with Gasteiger partial charge < -0.3 is 4.74 Å². The van der Waals surface area contributed by atoms with Crippen molar-refractivity contribution in [1.29, 1.82) is 0 Å². The van der Waals surface area contributed by atoms with Gasteiger partial charge in [-0.2, -0.15) is 18.3 Å². The zero-order chi connectivity index (χ0) is 24.6. The van der Waals surface area contributed by atoms with Crippen molar-refractivity contribution >= 4 is 11.2 Å². The van der Waals surface area contributed by atoms with E-state index in [1.165, 1.54) is 38.2 Å². The monoisotopic (exact) mass is 474 g/mol. The third-order valence-electron chi connectivity index (χ3n) is 5.21. The molecule has 0 N–H and O–H groups in total. The molecule has 0 spiro atoms. The van der Waals surface area contributed by atoms with Crippen LogP contribution >= 0.6 is 0 Å². The van der Waals surface area contributed by atoms with Gasteiger partial charge in [0.05, 0.1) is 29.8 Å². The molecule has 3 aromatic heterocycles. The smallest absolute Gasteiger partial charge is 0.412 e. The van der Waals surface area contributed by atoms with Gasteiger partial charge in [-0.3, -0.25) is 4.68 Å². The molecule has 0 amide bonds. The molecule has 3 aromatic rings. The lowest BCUT2D eigenvalue weighted by atomic mass is 10.1. The van der Waals surface area contributed by atoms with Crippen molar-refractivity contribution in [3.63, 3.8) is 0 Å². The Kier molecular flexibility index (Phi) is 8.72. The predicted molar refractivity (Wildman–Crippen MR) is 123 cm³/mol. The number of fused-ring (bicyclic) bond motifs is 1. The largest absolute Gasteiger partial charge is 0.499 e. The number of allylic oxidation sites excluding steroid dienone is 2. The average molecular weight is 475 g/mol. The maximum atomic E-state index is 12.4. The standard InChI is InChI=1S/C12H11F3N4.C6H8N2.C6H10O/c1-7(12(13,14)15)3-4-9-10-11(18-6-17-9)19-8(2)5-16-10;1-4-7-8(5-1)6-2-3-6;1-6-4-2-3-5-7-6/h5-6H,1,3-4H2,2H3;1,4-6H,2-3H2;1-5H2. The maximum absolute atomic E-state index is 12.4. The topological polar surface area (TPSA) is 78.6 Å². The van der Waals surface area contributed by atoms with Gasteiger partial charge in [0.2, 0.25) is 0 Å². The van der Waals surface area contributed by atoms with Gasteiger partial charge >= 0.3 is 6.18 Å². The number of aromatic nitrogens is 6. The number of ether oxygens (including phenoxy) is 1. The van der Waals surface area contributed by atoms with E-state index in [1.54, 1.807) is 6.92 Å². The second-order valence-electron chi connectivity index (χ2n) is 8.17. The molecule has 7 nitrogen and oxygen atoms in total. The second-order valence-corrected chi connectivity index (χ2v) is 8.17. The van der Waals surface area contributed by atoms with Crippen LogP contribution in [-0.4, -0.2) is 42.5 Å². The molecule has 1 aliphatic heterocycles. The Morgan fingerprint density at radius 3 is 2.56 bits per heavy atom. The molecular weight excluding hydrogens is 445 g/mol. The van der Waals surface area contributed by atoms with Crippen LogP contribution in [-0.2, 0) is 11.2 Å². The molecule has 2 fully saturated rings. The lowest BCUT2D eigenvalue weighted by molar-refractivity contribution is -0.0935. The average Bonchev–Trinajstić information content (AvgIpc) is 3.51. The van der Waals surface area contributed by atoms with Crippen LogP contribution in [0.4, 0.5) is 13.2 Å². The number of aryl methyl sites for hydroxylation is 2. The first-order valence-corrected chi connectivity index (χ1v) is 11.2. The van der Waals surface area contributed by atoms with Crippen LogP contribution in [0.2, 0.25) is 0 Å². The van der Waals surface area contributed by atoms with Gasteiger partial charge in [-0.25, -0.2) is 19.9 Å². The summed E-state index contributed by atoms with van der Waals surface area (Å²) in [7, 11) is 0. The number of nitrogens with zero attached hydrogens (tertiary/aromatic N) is 6. The first kappa shape index (κ1) is 25.3. The normalized spacial score (nSPS) is 15.5. The van der Waals surface area contributed by atoms with Crippen molar-refractivity contribution in [2.75, 3.05) is 6.61 Å². The summed E-state index contributed by atoms with van der Waals surface area (Å²) < 4.78 is 44.2. The van der Waals surface area contributed by atoms with Crippen molar-refractivity contribution in [2.45, 2.75) is 64.1 Å². The number of hydrogen-bond donors (Lipinski definition) is 0. The zero-order valence-corrected chi connectivity index (χ0v) is 19.3. The predicted octanol–water partition coefficient (Wildman–Crippen LogP) is 5.70. The molecular formula is C24H29F3N6O. The molecule has 0 unspecified atom stereocenters. The number of halogens is 3. The number of rotatable bonds is 4. The lowest BCUT2D eigenvalue weighted by Crippen LogP contribution is -2.12. The fourth-order valence-corrected chi connectivity index (χ4v) is 3.12. The van der Waals surface area contributed by atoms with E-state index in [0.29, 0.717) is 22.6 Å². The zero-order valence-electron chi connectivity index (χ0n) is 19.3. The van der Waals surface area contributed by atoms with E-state index in [-0.39, 0.29) is 12.8 Å². The fourth-order valence-electron chi connectivity index (χ4n) is 3.12. The minimum Gasteiger partial charge on any atom is -0.499 e. The van der Waals surface area contributed by atoms with E-state index in [2.05, 4.69) is 38.2 Å². The lowest BCUT2D eigenvalue weighted by Gasteiger charge is -2.13. The van der Waals surface area contributed by atoms with Gasteiger partial charge in [0.15, 0.2) is 5.65 Å². The van der Waals surface area contributed by atoms with Crippen LogP contribution in [0.15, 0.2) is 55.5 Å². The van der Waals surface area contributed by atoms with Crippen molar-refractivity contribution in [3.8, 4) is 0 Å². The van der Waals surface area contributed by atoms with Gasteiger partial charge in [0.25, 0.3) is 0 Å². The van der Waals surface area contributed by atoms with E-state index < -0.39 is 11.7 Å². The summed E-state index contributed by atoms with van der Waals surface area (Å²) in [6, 6.07) is 2.71. The van der Waals surface area contributed by atoms with E-state index in [4.69, 9.17) is 4.74 Å². The van der Waals surface area contributed by atoms with E-state index in [0.717, 1.165) is 24.8 Å². The van der Waals surface area contributed by atoms with Crippen LogP contribution in [0, 0.1) is 6.92 Å². The highest BCUT2D eigenvalue weighted by molar-refractivity contribution is 5.71. The molecule has 1 saturated heterocycles. The van der Waals surface area contributed by atoms with Gasteiger partial charge in [-0.15, -0.1) is 0 Å². The van der Waals surface area contributed by atoms with E-state index in [1.807, 2.05) is 23.1 Å². The summed E-state index contributed by atoms with van der Waals surface area (Å²) in [5.74, 6) is 0.964. The molecule has 182 valence electrons. The minimum absolute atomic E-state index is 0.106. The molecule has 1 aliphatic carbocycles. The highest BCUT2D eigenvalue weighted by atomic mass is 19.4. The molecule has 4 heterocycles. The third-order valence-corrected chi connectivity index (χ3v) is 5.21. The van der Waals surface area contributed by atoms with Crippen LogP contribution in [0.25, 0.3) is 11.2 Å². The summed E-state index contributed by atoms with van der Waals surface area (Å²) in [6.07, 6.45) is 8.37. The van der Waals surface area contributed by atoms with Gasteiger partial charge in [-0.1, -0.05) is 13.2 Å². The first-order chi connectivity index (χ1) is 16.2.